The largest absolute Gasteiger partial charge is 0.322 e. The summed E-state index contributed by atoms with van der Waals surface area (Å²) < 4.78 is 1.77. The Balaban J connectivity index is 2.75. The van der Waals surface area contributed by atoms with Gasteiger partial charge in [0.15, 0.2) is 0 Å². The SMILES string of the molecule is N#Cc1cccc(C#N)c1-n1cccc1. The summed E-state index contributed by atoms with van der Waals surface area (Å²) in [6.07, 6.45) is 3.63. The molecule has 0 spiro atoms. The van der Waals surface area contributed by atoms with Crippen LogP contribution in [0.3, 0.4) is 0 Å². The van der Waals surface area contributed by atoms with Gasteiger partial charge in [-0.2, -0.15) is 10.5 Å². The fourth-order valence-electron chi connectivity index (χ4n) is 1.49. The normalized spacial score (nSPS) is 9.20. The van der Waals surface area contributed by atoms with Crippen LogP contribution in [-0.4, -0.2) is 4.57 Å². The predicted molar refractivity (Wildman–Crippen MR) is 55.2 cm³/mol. The van der Waals surface area contributed by atoms with Crippen LogP contribution >= 0.6 is 0 Å². The van der Waals surface area contributed by atoms with Crippen molar-refractivity contribution in [2.24, 2.45) is 0 Å². The standard InChI is InChI=1S/C12H7N3/c13-8-10-4-3-5-11(9-14)12(10)15-6-1-2-7-15/h1-7H. The van der Waals surface area contributed by atoms with Crippen LogP contribution in [0.15, 0.2) is 42.7 Å². The highest BCUT2D eigenvalue weighted by atomic mass is 14.9. The lowest BCUT2D eigenvalue weighted by Crippen LogP contribution is -1.97. The molecular weight excluding hydrogens is 186 g/mol. The smallest absolute Gasteiger partial charge is 0.101 e. The Morgan fingerprint density at radius 2 is 1.40 bits per heavy atom. The number of benzene rings is 1. The van der Waals surface area contributed by atoms with E-state index in [1.165, 1.54) is 0 Å². The van der Waals surface area contributed by atoms with Crippen molar-refractivity contribution in [3.8, 4) is 17.8 Å². The van der Waals surface area contributed by atoms with Gasteiger partial charge in [0.2, 0.25) is 0 Å². The third-order valence-electron chi connectivity index (χ3n) is 2.14. The van der Waals surface area contributed by atoms with Gasteiger partial charge in [-0.3, -0.25) is 0 Å². The molecule has 0 aliphatic rings. The molecule has 0 atom stereocenters. The van der Waals surface area contributed by atoms with E-state index in [4.69, 9.17) is 10.5 Å². The lowest BCUT2D eigenvalue weighted by atomic mass is 10.1. The van der Waals surface area contributed by atoms with E-state index in [0.717, 1.165) is 0 Å². The number of nitriles is 2. The maximum Gasteiger partial charge on any atom is 0.101 e. The molecule has 0 saturated carbocycles. The molecule has 1 aromatic carbocycles. The molecule has 0 aliphatic carbocycles. The van der Waals surface area contributed by atoms with Crippen molar-refractivity contribution in [1.82, 2.24) is 4.57 Å². The van der Waals surface area contributed by atoms with Crippen molar-refractivity contribution in [3.63, 3.8) is 0 Å². The van der Waals surface area contributed by atoms with Crippen molar-refractivity contribution in [3.05, 3.63) is 53.9 Å². The van der Waals surface area contributed by atoms with Crippen LogP contribution in [0, 0.1) is 22.7 Å². The first-order chi connectivity index (χ1) is 7.36. The Labute approximate surface area is 87.4 Å². The number of rotatable bonds is 1. The fraction of sp³-hybridized carbons (Fsp3) is 0. The fourth-order valence-corrected chi connectivity index (χ4v) is 1.49. The molecule has 15 heavy (non-hydrogen) atoms. The van der Waals surface area contributed by atoms with Crippen molar-refractivity contribution < 1.29 is 0 Å². The van der Waals surface area contributed by atoms with E-state index in [0.29, 0.717) is 16.8 Å². The Hall–Kier alpha value is -2.52. The summed E-state index contributed by atoms with van der Waals surface area (Å²) in [6.45, 7) is 0. The van der Waals surface area contributed by atoms with Crippen molar-refractivity contribution in [1.29, 1.82) is 10.5 Å². The maximum absolute atomic E-state index is 8.96. The van der Waals surface area contributed by atoms with Gasteiger partial charge in [-0.15, -0.1) is 0 Å². The van der Waals surface area contributed by atoms with Gasteiger partial charge in [-0.25, -0.2) is 0 Å². The van der Waals surface area contributed by atoms with Crippen molar-refractivity contribution in [2.45, 2.75) is 0 Å². The highest BCUT2D eigenvalue weighted by Crippen LogP contribution is 2.18. The van der Waals surface area contributed by atoms with Crippen LogP contribution in [0.4, 0.5) is 0 Å². The monoisotopic (exact) mass is 193 g/mol. The molecule has 0 N–H and O–H groups in total. The second kappa shape index (κ2) is 3.69. The van der Waals surface area contributed by atoms with Crippen LogP contribution < -0.4 is 0 Å². The molecule has 0 bridgehead atoms. The molecule has 0 amide bonds. The molecule has 0 saturated heterocycles. The van der Waals surface area contributed by atoms with Crippen molar-refractivity contribution in [2.75, 3.05) is 0 Å². The highest BCUT2D eigenvalue weighted by Gasteiger charge is 2.08. The number of nitrogens with zero attached hydrogens (tertiary/aromatic N) is 3. The second-order valence-corrected chi connectivity index (χ2v) is 3.02. The van der Waals surface area contributed by atoms with Crippen LogP contribution in [0.1, 0.15) is 11.1 Å². The zero-order chi connectivity index (χ0) is 10.7. The topological polar surface area (TPSA) is 52.5 Å². The van der Waals surface area contributed by atoms with E-state index in [1.807, 2.05) is 24.5 Å². The molecule has 2 aromatic rings. The quantitative estimate of drug-likeness (QED) is 0.697. The van der Waals surface area contributed by atoms with Gasteiger partial charge in [-0.05, 0) is 24.3 Å². The third kappa shape index (κ3) is 1.47. The molecule has 70 valence electrons. The van der Waals surface area contributed by atoms with Gasteiger partial charge in [-0.1, -0.05) is 6.07 Å². The number of para-hydroxylation sites is 1. The average molecular weight is 193 g/mol. The molecule has 3 nitrogen and oxygen atoms in total. The minimum absolute atomic E-state index is 0.505. The van der Waals surface area contributed by atoms with Crippen molar-refractivity contribution >= 4 is 0 Å². The Kier molecular flexibility index (Phi) is 2.23. The zero-order valence-corrected chi connectivity index (χ0v) is 7.88. The summed E-state index contributed by atoms with van der Waals surface area (Å²) in [5.74, 6) is 0. The van der Waals surface area contributed by atoms with Crippen LogP contribution in [0.2, 0.25) is 0 Å². The van der Waals surface area contributed by atoms with Gasteiger partial charge in [0, 0.05) is 12.4 Å². The van der Waals surface area contributed by atoms with Gasteiger partial charge in [0.25, 0.3) is 0 Å². The van der Waals surface area contributed by atoms with E-state index in [9.17, 15) is 0 Å². The van der Waals surface area contributed by atoms with Crippen LogP contribution in [-0.2, 0) is 0 Å². The molecular formula is C12H7N3. The molecule has 2 rings (SSSR count). The second-order valence-electron chi connectivity index (χ2n) is 3.02. The van der Waals surface area contributed by atoms with E-state index < -0.39 is 0 Å². The van der Waals surface area contributed by atoms with E-state index >= 15 is 0 Å². The average Bonchev–Trinajstić information content (AvgIpc) is 2.81. The lowest BCUT2D eigenvalue weighted by molar-refractivity contribution is 1.06. The summed E-state index contributed by atoms with van der Waals surface area (Å²) in [4.78, 5) is 0. The highest BCUT2D eigenvalue weighted by molar-refractivity contribution is 5.58. The molecule has 0 radical (unpaired) electrons. The maximum atomic E-state index is 8.96. The Morgan fingerprint density at radius 3 is 1.87 bits per heavy atom. The summed E-state index contributed by atoms with van der Waals surface area (Å²) in [6, 6.07) is 13.0. The van der Waals surface area contributed by atoms with Gasteiger partial charge in [0.05, 0.1) is 16.8 Å². The van der Waals surface area contributed by atoms with Gasteiger partial charge < -0.3 is 4.57 Å². The summed E-state index contributed by atoms with van der Waals surface area (Å²) in [5, 5.41) is 17.9. The molecule has 3 heteroatoms. The first kappa shape index (κ1) is 9.05. The van der Waals surface area contributed by atoms with Crippen LogP contribution in [0.25, 0.3) is 5.69 Å². The minimum Gasteiger partial charge on any atom is -0.322 e. The third-order valence-corrected chi connectivity index (χ3v) is 2.14. The number of aromatic nitrogens is 1. The molecule has 0 unspecified atom stereocenters. The summed E-state index contributed by atoms with van der Waals surface area (Å²) >= 11 is 0. The van der Waals surface area contributed by atoms with Crippen LogP contribution in [0.5, 0.6) is 0 Å². The van der Waals surface area contributed by atoms with Gasteiger partial charge >= 0.3 is 0 Å². The first-order valence-corrected chi connectivity index (χ1v) is 4.43. The summed E-state index contributed by atoms with van der Waals surface area (Å²) in [5.41, 5.74) is 1.66. The Morgan fingerprint density at radius 1 is 0.867 bits per heavy atom. The summed E-state index contributed by atoms with van der Waals surface area (Å²) in [7, 11) is 0. The van der Waals surface area contributed by atoms with Gasteiger partial charge in [0.1, 0.15) is 12.1 Å². The minimum atomic E-state index is 0.505. The van der Waals surface area contributed by atoms with E-state index in [2.05, 4.69) is 12.1 Å². The lowest BCUT2D eigenvalue weighted by Gasteiger charge is -2.06. The molecule has 0 aliphatic heterocycles. The van der Waals surface area contributed by atoms with E-state index in [1.54, 1.807) is 22.8 Å². The zero-order valence-electron chi connectivity index (χ0n) is 7.88. The molecule has 1 heterocycles. The number of hydrogen-bond acceptors (Lipinski definition) is 2. The predicted octanol–water partition coefficient (Wildman–Crippen LogP) is 2.22. The first-order valence-electron chi connectivity index (χ1n) is 4.43. The number of hydrogen-bond donors (Lipinski definition) is 0. The Bertz CT molecular complexity index is 521. The molecule has 1 aromatic heterocycles. The molecule has 0 fully saturated rings. The van der Waals surface area contributed by atoms with E-state index in [-0.39, 0.29) is 0 Å².